The van der Waals surface area contributed by atoms with Crippen LogP contribution < -0.4 is 16.4 Å². The summed E-state index contributed by atoms with van der Waals surface area (Å²) in [6.45, 7) is 1.80. The molecule has 0 saturated carbocycles. The Morgan fingerprint density at radius 2 is 2.03 bits per heavy atom. The van der Waals surface area contributed by atoms with Gasteiger partial charge in [0.1, 0.15) is 23.3 Å². The highest BCUT2D eigenvalue weighted by atomic mass is 35.5. The van der Waals surface area contributed by atoms with Gasteiger partial charge < -0.3 is 26.2 Å². The van der Waals surface area contributed by atoms with Crippen molar-refractivity contribution in [1.29, 1.82) is 0 Å². The average Bonchev–Trinajstić information content (AvgIpc) is 3.42. The SMILES string of the molecule is CN1C2=CC=C(Sc3ccnc(N)c3Cl)/C1=N/C=C/C(N1CCC3(CC1)Cc1nc(N(C)C)sc1C3N)=N\2. The molecule has 2 aromatic rings. The molecule has 1 fully saturated rings. The lowest BCUT2D eigenvalue weighted by molar-refractivity contribution is 0.128. The van der Waals surface area contributed by atoms with E-state index in [2.05, 4.69) is 14.8 Å². The third-order valence-corrected chi connectivity index (χ3v) is 10.6. The number of fused-ring (bicyclic) bond motifs is 3. The predicted molar refractivity (Wildman–Crippen MR) is 158 cm³/mol. The van der Waals surface area contributed by atoms with E-state index in [9.17, 15) is 0 Å². The molecule has 198 valence electrons. The zero-order chi connectivity index (χ0) is 26.6. The first-order valence-corrected chi connectivity index (χ1v) is 14.5. The molecule has 4 aliphatic rings. The van der Waals surface area contributed by atoms with Crippen molar-refractivity contribution < 1.29 is 0 Å². The summed E-state index contributed by atoms with van der Waals surface area (Å²) in [6.07, 6.45) is 12.5. The maximum atomic E-state index is 6.84. The summed E-state index contributed by atoms with van der Waals surface area (Å²) in [5, 5.41) is 1.49. The highest BCUT2D eigenvalue weighted by Gasteiger charge is 2.48. The smallest absolute Gasteiger partial charge is 0.185 e. The number of nitrogens with zero attached hydrogens (tertiary/aromatic N) is 7. The van der Waals surface area contributed by atoms with Crippen molar-refractivity contribution in [3.63, 3.8) is 0 Å². The van der Waals surface area contributed by atoms with Gasteiger partial charge in [-0.3, -0.25) is 0 Å². The molecular formula is C26H30ClN9S2. The molecule has 12 heteroatoms. The van der Waals surface area contributed by atoms with Crippen molar-refractivity contribution in [2.45, 2.75) is 30.2 Å². The van der Waals surface area contributed by atoms with Gasteiger partial charge in [0.05, 0.1) is 15.6 Å². The van der Waals surface area contributed by atoms with Crippen LogP contribution in [0.4, 0.5) is 10.9 Å². The van der Waals surface area contributed by atoms with E-state index in [0.29, 0.717) is 10.8 Å². The number of rotatable bonds is 3. The van der Waals surface area contributed by atoms with Gasteiger partial charge in [-0.05, 0) is 49.0 Å². The Morgan fingerprint density at radius 1 is 1.24 bits per heavy atom. The third kappa shape index (κ3) is 4.31. The molecule has 1 saturated heterocycles. The Morgan fingerprint density at radius 3 is 2.76 bits per heavy atom. The van der Waals surface area contributed by atoms with E-state index in [1.165, 1.54) is 22.3 Å². The van der Waals surface area contributed by atoms with E-state index in [0.717, 1.165) is 64.8 Å². The lowest BCUT2D eigenvalue weighted by Crippen LogP contribution is -2.46. The number of anilines is 2. The Kier molecular flexibility index (Phi) is 6.50. The van der Waals surface area contributed by atoms with E-state index >= 15 is 0 Å². The van der Waals surface area contributed by atoms with E-state index in [1.807, 2.05) is 56.5 Å². The fraction of sp³-hybridized carbons (Fsp3) is 0.385. The topological polar surface area (TPSA) is 112 Å². The van der Waals surface area contributed by atoms with Gasteiger partial charge in [0.15, 0.2) is 5.13 Å². The van der Waals surface area contributed by atoms with Gasteiger partial charge in [0, 0.05) is 62.4 Å². The minimum absolute atomic E-state index is 0.0466. The lowest BCUT2D eigenvalue weighted by atomic mass is 9.74. The van der Waals surface area contributed by atoms with E-state index in [1.54, 1.807) is 17.5 Å². The number of nitrogens with two attached hydrogens (primary N) is 2. The van der Waals surface area contributed by atoms with Crippen molar-refractivity contribution in [3.05, 3.63) is 63.0 Å². The molecule has 1 unspecified atom stereocenters. The second-order valence-electron chi connectivity index (χ2n) is 10.2. The fourth-order valence-corrected chi connectivity index (χ4v) is 7.75. The molecule has 1 aliphatic carbocycles. The molecule has 5 heterocycles. The number of amidine groups is 2. The molecule has 38 heavy (non-hydrogen) atoms. The van der Waals surface area contributed by atoms with Crippen LogP contribution in [0.25, 0.3) is 0 Å². The van der Waals surface area contributed by atoms with Crippen LogP contribution in [0.3, 0.4) is 0 Å². The fourth-order valence-electron chi connectivity index (χ4n) is 5.40. The predicted octanol–water partition coefficient (Wildman–Crippen LogP) is 4.27. The average molecular weight is 568 g/mol. The summed E-state index contributed by atoms with van der Waals surface area (Å²) in [5.74, 6) is 2.89. The zero-order valence-electron chi connectivity index (χ0n) is 21.6. The molecule has 1 spiro atoms. The van der Waals surface area contributed by atoms with Crippen molar-refractivity contribution >= 4 is 57.3 Å². The van der Waals surface area contributed by atoms with Crippen LogP contribution in [-0.4, -0.2) is 65.7 Å². The first kappa shape index (κ1) is 25.4. The van der Waals surface area contributed by atoms with E-state index in [4.69, 9.17) is 38.0 Å². The number of allylic oxidation sites excluding steroid dienone is 2. The monoisotopic (exact) mass is 567 g/mol. The summed E-state index contributed by atoms with van der Waals surface area (Å²) in [4.78, 5) is 28.2. The number of aliphatic imine (C=N–C) groups is 2. The van der Waals surface area contributed by atoms with E-state index in [-0.39, 0.29) is 11.5 Å². The summed E-state index contributed by atoms with van der Waals surface area (Å²) in [5.41, 5.74) is 14.0. The maximum Gasteiger partial charge on any atom is 0.185 e. The third-order valence-electron chi connectivity index (χ3n) is 7.66. The quantitative estimate of drug-likeness (QED) is 0.565. The summed E-state index contributed by atoms with van der Waals surface area (Å²) < 4.78 is 0. The van der Waals surface area contributed by atoms with Crippen LogP contribution in [0, 0.1) is 5.41 Å². The molecular weight excluding hydrogens is 538 g/mol. The van der Waals surface area contributed by atoms with Gasteiger partial charge in [-0.25, -0.2) is 20.0 Å². The molecule has 1 atom stereocenters. The van der Waals surface area contributed by atoms with Crippen LogP contribution in [0.1, 0.15) is 29.5 Å². The van der Waals surface area contributed by atoms with Crippen LogP contribution in [-0.2, 0) is 6.42 Å². The lowest BCUT2D eigenvalue weighted by Gasteiger charge is -2.43. The molecule has 9 nitrogen and oxygen atoms in total. The second kappa shape index (κ2) is 9.71. The Hall–Kier alpha value is -2.86. The highest BCUT2D eigenvalue weighted by molar-refractivity contribution is 8.04. The first-order chi connectivity index (χ1) is 18.3. The van der Waals surface area contributed by atoms with Crippen LogP contribution in [0.15, 0.2) is 62.3 Å². The molecule has 0 radical (unpaired) electrons. The number of piperidine rings is 1. The first-order valence-electron chi connectivity index (χ1n) is 12.5. The Balaban J connectivity index is 1.19. The number of nitrogen functional groups attached to an aromatic ring is 1. The van der Waals surface area contributed by atoms with E-state index < -0.39 is 0 Å². The van der Waals surface area contributed by atoms with Crippen molar-refractivity contribution in [1.82, 2.24) is 19.8 Å². The van der Waals surface area contributed by atoms with Crippen LogP contribution in [0.5, 0.6) is 0 Å². The van der Waals surface area contributed by atoms with Crippen LogP contribution >= 0.6 is 34.7 Å². The number of likely N-dealkylation sites (N-methyl/N-ethyl adjacent to an activating group) is 1. The molecule has 4 N–H and O–H groups in total. The number of halogens is 1. The molecule has 0 aromatic carbocycles. The zero-order valence-corrected chi connectivity index (χ0v) is 23.9. The number of aromatic nitrogens is 2. The molecule has 2 bridgehead atoms. The summed E-state index contributed by atoms with van der Waals surface area (Å²) in [7, 11) is 6.05. The molecule has 0 amide bonds. The highest BCUT2D eigenvalue weighted by Crippen LogP contribution is 2.53. The largest absolute Gasteiger partial charge is 0.382 e. The summed E-state index contributed by atoms with van der Waals surface area (Å²) >= 11 is 9.63. The Labute approximate surface area is 235 Å². The van der Waals surface area contributed by atoms with Gasteiger partial charge in [0.2, 0.25) is 0 Å². The van der Waals surface area contributed by atoms with Gasteiger partial charge in [0.25, 0.3) is 0 Å². The van der Waals surface area contributed by atoms with Crippen molar-refractivity contribution in [3.8, 4) is 0 Å². The standard InChI is InChI=1S/C26H30ClN9S2/c1-34(2)25-32-15-14-26(22(28)21(15)38-25)8-12-36(13-9-26)19-7-11-31-24-17(4-5-18(33-19)35(24)3)37-16-6-10-30-23(29)20(16)27/h4-7,10-11,22H,8-9,12-14,28H2,1-3H3,(H2,29,30)/b11-7+,19-7?,31-11?,31-24-,33-18?,33-19+. The van der Waals surface area contributed by atoms with Gasteiger partial charge in [-0.15, -0.1) is 0 Å². The molecule has 2 aromatic heterocycles. The number of pyridine rings is 1. The van der Waals surface area contributed by atoms with Gasteiger partial charge >= 0.3 is 0 Å². The van der Waals surface area contributed by atoms with Crippen molar-refractivity contribution in [2.75, 3.05) is 44.9 Å². The summed E-state index contributed by atoms with van der Waals surface area (Å²) in [6, 6.07) is 1.90. The minimum atomic E-state index is 0.0466. The second-order valence-corrected chi connectivity index (χ2v) is 12.6. The number of likely N-dealkylation sites (tertiary alicyclic amines) is 1. The number of thiazole rings is 1. The molecule has 3 aliphatic heterocycles. The van der Waals surface area contributed by atoms with Crippen molar-refractivity contribution in [2.24, 2.45) is 21.1 Å². The van der Waals surface area contributed by atoms with Gasteiger partial charge in [-0.1, -0.05) is 34.7 Å². The Bertz CT molecular complexity index is 1430. The normalized spacial score (nSPS) is 25.4. The van der Waals surface area contributed by atoms with Gasteiger partial charge in [-0.2, -0.15) is 0 Å². The number of hydrogen-bond donors (Lipinski definition) is 2. The van der Waals surface area contributed by atoms with Crippen LogP contribution in [0.2, 0.25) is 5.02 Å². The molecule has 6 rings (SSSR count). The minimum Gasteiger partial charge on any atom is -0.382 e. The number of hydrogen-bond acceptors (Lipinski definition) is 11. The maximum absolute atomic E-state index is 6.84. The number of thioether (sulfide) groups is 1.